The van der Waals surface area contributed by atoms with Crippen molar-refractivity contribution in [2.45, 2.75) is 49.2 Å². The molecule has 0 atom stereocenters. The Balaban J connectivity index is 0.00000462. The Labute approximate surface area is 252 Å². The van der Waals surface area contributed by atoms with Crippen LogP contribution in [0.2, 0.25) is 0 Å². The van der Waals surface area contributed by atoms with Crippen LogP contribution in [0, 0.1) is 5.92 Å². The van der Waals surface area contributed by atoms with Gasteiger partial charge in [0.1, 0.15) is 0 Å². The maximum Gasteiger partial charge on any atom is 0.265 e. The fourth-order valence-corrected chi connectivity index (χ4v) is 8.63. The van der Waals surface area contributed by atoms with Crippen molar-refractivity contribution in [2.24, 2.45) is 5.92 Å². The third-order valence-corrected chi connectivity index (χ3v) is 11.5. The number of benzene rings is 1. The number of carbonyl (C=O) groups is 2. The van der Waals surface area contributed by atoms with Crippen molar-refractivity contribution < 1.29 is 28.0 Å². The van der Waals surface area contributed by atoms with Gasteiger partial charge in [0.15, 0.2) is 20.4 Å². The van der Waals surface area contributed by atoms with Crippen LogP contribution in [0.25, 0.3) is 6.08 Å². The molecular formula is C29H40ClN3O6S2. The molecular weight excluding hydrogens is 586 g/mol. The molecule has 3 heterocycles. The number of hydroxylamine groups is 1. The normalized spacial score (nSPS) is 17.9. The Hall–Kier alpha value is -2.28. The number of hydrogen-bond acceptors (Lipinski definition) is 9. The lowest BCUT2D eigenvalue weighted by Crippen LogP contribution is -2.58. The lowest BCUT2D eigenvalue weighted by Gasteiger charge is -2.39. The highest BCUT2D eigenvalue weighted by atomic mass is 35.5. The maximum atomic E-state index is 13.8. The first kappa shape index (κ1) is 33.2. The van der Waals surface area contributed by atoms with Gasteiger partial charge in [0.25, 0.3) is 5.91 Å². The van der Waals surface area contributed by atoms with E-state index in [-0.39, 0.29) is 41.8 Å². The van der Waals surface area contributed by atoms with Crippen LogP contribution >= 0.6 is 23.7 Å². The van der Waals surface area contributed by atoms with Crippen LogP contribution in [-0.4, -0.2) is 81.4 Å². The van der Waals surface area contributed by atoms with Crippen molar-refractivity contribution in [3.05, 3.63) is 51.7 Å². The van der Waals surface area contributed by atoms with E-state index in [9.17, 15) is 23.2 Å². The summed E-state index contributed by atoms with van der Waals surface area (Å²) in [4.78, 5) is 32.0. The Morgan fingerprint density at radius 2 is 1.71 bits per heavy atom. The molecule has 9 nitrogen and oxygen atoms in total. The number of allylic oxidation sites excluding steroid dienone is 1. The highest BCUT2D eigenvalue weighted by Gasteiger charge is 2.52. The average molecular weight is 626 g/mol. The van der Waals surface area contributed by atoms with E-state index < -0.39 is 20.5 Å². The Morgan fingerprint density at radius 1 is 1.07 bits per heavy atom. The second kappa shape index (κ2) is 14.3. The number of halogens is 1. The van der Waals surface area contributed by atoms with Crippen LogP contribution in [-0.2, 0) is 19.4 Å². The van der Waals surface area contributed by atoms with Crippen LogP contribution in [0.5, 0.6) is 0 Å². The van der Waals surface area contributed by atoms with Gasteiger partial charge in [-0.25, -0.2) is 13.9 Å². The third-order valence-electron chi connectivity index (χ3n) is 7.98. The number of Topliss-reactive ketones (excluding diaryl/α,β-unsaturated/α-hetero) is 1. The minimum absolute atomic E-state index is 0. The number of rotatable bonds is 10. The molecule has 0 unspecified atom stereocenters. The van der Waals surface area contributed by atoms with Crippen molar-refractivity contribution in [3.63, 3.8) is 0 Å². The predicted octanol–water partition coefficient (Wildman–Crippen LogP) is 4.45. The number of amides is 1. The number of ketones is 1. The number of piperidine rings is 2. The van der Waals surface area contributed by atoms with Crippen molar-refractivity contribution in [2.75, 3.05) is 51.3 Å². The van der Waals surface area contributed by atoms with Gasteiger partial charge in [-0.2, -0.15) is 0 Å². The summed E-state index contributed by atoms with van der Waals surface area (Å²) in [5, 5.41) is 9.42. The van der Waals surface area contributed by atoms with E-state index >= 15 is 0 Å². The molecule has 1 aromatic heterocycles. The molecule has 2 aromatic rings. The maximum absolute atomic E-state index is 13.8. The molecule has 1 aromatic carbocycles. The first-order chi connectivity index (χ1) is 19.1. The van der Waals surface area contributed by atoms with Crippen LogP contribution in [0.3, 0.4) is 0 Å². The van der Waals surface area contributed by atoms with Gasteiger partial charge in [-0.1, -0.05) is 5.57 Å². The summed E-state index contributed by atoms with van der Waals surface area (Å²) in [6.07, 6.45) is 3.70. The number of sulfone groups is 1. The van der Waals surface area contributed by atoms with Gasteiger partial charge in [0, 0.05) is 56.3 Å². The van der Waals surface area contributed by atoms with Crippen molar-refractivity contribution in [1.82, 2.24) is 10.4 Å². The van der Waals surface area contributed by atoms with Gasteiger partial charge in [-0.05, 0) is 82.0 Å². The zero-order valence-corrected chi connectivity index (χ0v) is 26.2. The minimum Gasteiger partial charge on any atom is -0.383 e. The number of anilines is 1. The number of methoxy groups -OCH3 is 1. The Bertz CT molecular complexity index is 1320. The van der Waals surface area contributed by atoms with E-state index in [1.807, 2.05) is 26.0 Å². The van der Waals surface area contributed by atoms with E-state index in [4.69, 9.17) is 4.74 Å². The minimum atomic E-state index is -4.08. The Kier molecular flexibility index (Phi) is 11.6. The van der Waals surface area contributed by atoms with E-state index in [1.165, 1.54) is 16.9 Å². The largest absolute Gasteiger partial charge is 0.383 e. The molecule has 2 aliphatic heterocycles. The quantitative estimate of drug-likeness (QED) is 0.226. The van der Waals surface area contributed by atoms with Gasteiger partial charge in [0.05, 0.1) is 16.4 Å². The molecule has 2 fully saturated rings. The lowest BCUT2D eigenvalue weighted by atomic mass is 9.91. The van der Waals surface area contributed by atoms with Crippen molar-refractivity contribution in [3.8, 4) is 0 Å². The summed E-state index contributed by atoms with van der Waals surface area (Å²) in [6.45, 7) is 7.45. The Morgan fingerprint density at radius 3 is 2.27 bits per heavy atom. The molecule has 0 radical (unpaired) electrons. The fourth-order valence-electron chi connectivity index (χ4n) is 5.59. The number of carbonyl (C=O) groups excluding carboxylic acids is 2. The molecule has 0 aliphatic carbocycles. The zero-order valence-electron chi connectivity index (χ0n) is 23.8. The van der Waals surface area contributed by atoms with Crippen LogP contribution < -0.4 is 10.4 Å². The van der Waals surface area contributed by atoms with Gasteiger partial charge in [0.2, 0.25) is 0 Å². The van der Waals surface area contributed by atoms with E-state index in [0.29, 0.717) is 39.3 Å². The average Bonchev–Trinajstić information content (AvgIpc) is 3.43. The second-order valence-electron chi connectivity index (χ2n) is 10.8. The van der Waals surface area contributed by atoms with Crippen molar-refractivity contribution in [1.29, 1.82) is 0 Å². The van der Waals surface area contributed by atoms with Crippen LogP contribution in [0.15, 0.2) is 46.9 Å². The van der Waals surface area contributed by atoms with E-state index in [1.54, 1.807) is 36.9 Å². The summed E-state index contributed by atoms with van der Waals surface area (Å²) in [6, 6.07) is 10.5. The molecule has 4 rings (SSSR count). The molecule has 0 spiro atoms. The fraction of sp³-hybridized carbons (Fsp3) is 0.517. The summed E-state index contributed by atoms with van der Waals surface area (Å²) in [5.74, 6) is -0.727. The standard InChI is InChI=1S/C29H39N3O6S2.ClH/c1-21(2)20-24-6-9-26(39-24)27(33)22-10-14-32(15-11-22)23-4-7-25(8-5-23)40(36,37)29(28(34)30-35)12-16-31(17-13-29)18-19-38-3;/h4-9,20,22,35H,10-19H2,1-3H3,(H,30,34);1H. The summed E-state index contributed by atoms with van der Waals surface area (Å²) >= 11 is 1.53. The van der Waals surface area contributed by atoms with Crippen molar-refractivity contribution >= 4 is 57.0 Å². The number of ether oxygens (including phenoxy) is 1. The van der Waals surface area contributed by atoms with E-state index in [0.717, 1.165) is 28.3 Å². The summed E-state index contributed by atoms with van der Waals surface area (Å²) < 4.78 is 30.9. The lowest BCUT2D eigenvalue weighted by molar-refractivity contribution is -0.133. The molecule has 2 N–H and O–H groups in total. The second-order valence-corrected chi connectivity index (χ2v) is 14.2. The number of nitrogens with zero attached hydrogens (tertiary/aromatic N) is 2. The molecule has 0 saturated carbocycles. The summed E-state index contributed by atoms with van der Waals surface area (Å²) in [5.41, 5.74) is 3.68. The molecule has 12 heteroatoms. The summed E-state index contributed by atoms with van der Waals surface area (Å²) in [7, 11) is -2.47. The van der Waals surface area contributed by atoms with Gasteiger partial charge < -0.3 is 14.5 Å². The highest BCUT2D eigenvalue weighted by Crippen LogP contribution is 2.37. The number of nitrogens with one attached hydrogen (secondary N) is 1. The molecule has 2 saturated heterocycles. The van der Waals surface area contributed by atoms with Gasteiger partial charge in [-0.3, -0.25) is 14.8 Å². The van der Waals surface area contributed by atoms with Gasteiger partial charge in [-0.15, -0.1) is 23.7 Å². The van der Waals surface area contributed by atoms with Crippen LogP contribution in [0.4, 0.5) is 5.69 Å². The molecule has 2 aliphatic rings. The zero-order chi connectivity index (χ0) is 28.9. The molecule has 41 heavy (non-hydrogen) atoms. The molecule has 1 amide bonds. The molecule has 226 valence electrons. The number of hydrogen-bond donors (Lipinski definition) is 2. The predicted molar refractivity (Wildman–Crippen MR) is 164 cm³/mol. The van der Waals surface area contributed by atoms with Crippen LogP contribution in [0.1, 0.15) is 54.1 Å². The first-order valence-electron chi connectivity index (χ1n) is 13.7. The SMILES string of the molecule is COCCN1CCC(C(=O)NO)(S(=O)(=O)c2ccc(N3CCC(C(=O)c4ccc(C=C(C)C)s4)CC3)cc2)CC1.Cl. The number of likely N-dealkylation sites (tertiary alicyclic amines) is 1. The first-order valence-corrected chi connectivity index (χ1v) is 16.0. The highest BCUT2D eigenvalue weighted by molar-refractivity contribution is 7.93. The molecule has 0 bridgehead atoms. The number of thiophene rings is 1. The smallest absolute Gasteiger partial charge is 0.265 e. The topological polar surface area (TPSA) is 116 Å². The van der Waals surface area contributed by atoms with E-state index in [2.05, 4.69) is 15.9 Å². The van der Waals surface area contributed by atoms with Gasteiger partial charge >= 0.3 is 0 Å². The third kappa shape index (κ3) is 7.21. The monoisotopic (exact) mass is 625 g/mol.